The number of nitrogens with zero attached hydrogens (tertiary/aromatic N) is 1. The minimum atomic E-state index is -0.298. The van der Waals surface area contributed by atoms with E-state index in [9.17, 15) is 4.79 Å². The summed E-state index contributed by atoms with van der Waals surface area (Å²) in [6.45, 7) is 5.80. The van der Waals surface area contributed by atoms with Crippen LogP contribution in [0.5, 0.6) is 0 Å². The van der Waals surface area contributed by atoms with Gasteiger partial charge in [-0.1, -0.05) is 17.9 Å². The zero-order valence-corrected chi connectivity index (χ0v) is 12.6. The number of benzene rings is 1. The number of aliphatic hydroxyl groups excluding tert-OH is 1. The normalized spacial score (nSPS) is 17.0. The molecular weight excluding hydrogens is 266 g/mol. The van der Waals surface area contributed by atoms with E-state index in [1.54, 1.807) is 6.07 Å². The van der Waals surface area contributed by atoms with Gasteiger partial charge in [-0.25, -0.2) is 0 Å². The maximum absolute atomic E-state index is 12.7. The Bertz CT molecular complexity index is 569. The van der Waals surface area contributed by atoms with E-state index < -0.39 is 0 Å². The molecule has 1 fully saturated rings. The zero-order chi connectivity index (χ0) is 15.3. The topological polar surface area (TPSA) is 49.8 Å². The zero-order valence-electron chi connectivity index (χ0n) is 12.6. The van der Waals surface area contributed by atoms with Gasteiger partial charge in [-0.3, -0.25) is 4.79 Å². The van der Waals surface area contributed by atoms with Crippen LogP contribution >= 0.6 is 0 Å². The molecule has 2 rings (SSSR count). The Morgan fingerprint density at radius 1 is 1.48 bits per heavy atom. The van der Waals surface area contributed by atoms with E-state index in [0.717, 1.165) is 5.56 Å². The number of hydrogen-bond donors (Lipinski definition) is 1. The molecule has 1 saturated heterocycles. The van der Waals surface area contributed by atoms with Crippen molar-refractivity contribution in [1.29, 1.82) is 0 Å². The van der Waals surface area contributed by atoms with Crippen molar-refractivity contribution >= 4 is 5.91 Å². The Labute approximate surface area is 125 Å². The van der Waals surface area contributed by atoms with Gasteiger partial charge >= 0.3 is 0 Å². The molecule has 0 atom stereocenters. The highest BCUT2D eigenvalue weighted by atomic mass is 16.5. The number of morpholine rings is 1. The molecule has 1 aromatic carbocycles. The van der Waals surface area contributed by atoms with Crippen LogP contribution in [0.4, 0.5) is 0 Å². The number of carbonyl (C=O) groups is 1. The predicted molar refractivity (Wildman–Crippen MR) is 81.0 cm³/mol. The Morgan fingerprint density at radius 3 is 3.00 bits per heavy atom. The second kappa shape index (κ2) is 6.75. The molecular formula is C17H21NO3. The summed E-state index contributed by atoms with van der Waals surface area (Å²) in [5.74, 6) is 5.84. The minimum absolute atomic E-state index is 0.00843. The summed E-state index contributed by atoms with van der Waals surface area (Å²) in [4.78, 5) is 14.5. The molecule has 0 aliphatic carbocycles. The Kier molecular flexibility index (Phi) is 5.00. The lowest BCUT2D eigenvalue weighted by Gasteiger charge is -2.42. The molecule has 0 radical (unpaired) electrons. The summed E-state index contributed by atoms with van der Waals surface area (Å²) in [6, 6.07) is 7.32. The number of ether oxygens (including phenoxy) is 1. The van der Waals surface area contributed by atoms with Crippen LogP contribution in [0, 0.1) is 11.8 Å². The van der Waals surface area contributed by atoms with Crippen LogP contribution in [-0.4, -0.2) is 47.8 Å². The molecule has 0 saturated carbocycles. The van der Waals surface area contributed by atoms with Gasteiger partial charge in [0, 0.05) is 24.1 Å². The summed E-state index contributed by atoms with van der Waals surface area (Å²) in [7, 11) is 0. The van der Waals surface area contributed by atoms with Crippen molar-refractivity contribution in [3.63, 3.8) is 0 Å². The van der Waals surface area contributed by atoms with Gasteiger partial charge in [0.15, 0.2) is 0 Å². The van der Waals surface area contributed by atoms with Crippen molar-refractivity contribution in [3.05, 3.63) is 35.4 Å². The van der Waals surface area contributed by atoms with E-state index >= 15 is 0 Å². The van der Waals surface area contributed by atoms with E-state index in [0.29, 0.717) is 31.7 Å². The molecule has 1 aromatic rings. The van der Waals surface area contributed by atoms with E-state index in [2.05, 4.69) is 11.8 Å². The Balaban J connectivity index is 2.20. The van der Waals surface area contributed by atoms with Crippen LogP contribution in [0.15, 0.2) is 24.3 Å². The van der Waals surface area contributed by atoms with Gasteiger partial charge in [-0.15, -0.1) is 0 Å². The second-order valence-corrected chi connectivity index (χ2v) is 5.68. The first-order valence-electron chi connectivity index (χ1n) is 7.14. The molecule has 0 unspecified atom stereocenters. The van der Waals surface area contributed by atoms with E-state index in [1.165, 1.54) is 0 Å². The lowest BCUT2D eigenvalue weighted by atomic mass is 10.0. The maximum atomic E-state index is 12.7. The van der Waals surface area contributed by atoms with Crippen LogP contribution in [0.3, 0.4) is 0 Å². The fourth-order valence-electron chi connectivity index (χ4n) is 2.34. The number of rotatable bonds is 2. The highest BCUT2D eigenvalue weighted by Crippen LogP contribution is 2.22. The predicted octanol–water partition coefficient (Wildman–Crippen LogP) is 1.67. The van der Waals surface area contributed by atoms with Gasteiger partial charge < -0.3 is 14.7 Å². The van der Waals surface area contributed by atoms with Crippen molar-refractivity contribution in [1.82, 2.24) is 4.90 Å². The van der Waals surface area contributed by atoms with Crippen LogP contribution in [0.25, 0.3) is 0 Å². The molecule has 1 amide bonds. The number of hydrogen-bond acceptors (Lipinski definition) is 3. The van der Waals surface area contributed by atoms with Crippen LogP contribution < -0.4 is 0 Å². The van der Waals surface area contributed by atoms with Crippen LogP contribution in [-0.2, 0) is 4.74 Å². The third-order valence-electron chi connectivity index (χ3n) is 3.47. The highest BCUT2D eigenvalue weighted by molar-refractivity contribution is 5.95. The number of amides is 1. The molecule has 0 spiro atoms. The molecule has 0 aromatic heterocycles. The fraction of sp³-hybridized carbons (Fsp3) is 0.471. The van der Waals surface area contributed by atoms with Gasteiger partial charge in [-0.05, 0) is 32.0 Å². The Hall–Kier alpha value is -1.83. The summed E-state index contributed by atoms with van der Waals surface area (Å²) >= 11 is 0. The monoisotopic (exact) mass is 287 g/mol. The molecule has 112 valence electrons. The summed E-state index contributed by atoms with van der Waals surface area (Å²) in [6.07, 6.45) is 0.439. The van der Waals surface area contributed by atoms with Gasteiger partial charge in [0.05, 0.1) is 25.4 Å². The number of carbonyl (C=O) groups excluding carboxylic acids is 1. The van der Waals surface area contributed by atoms with Crippen molar-refractivity contribution in [3.8, 4) is 11.8 Å². The summed E-state index contributed by atoms with van der Waals surface area (Å²) < 4.78 is 5.45. The van der Waals surface area contributed by atoms with Gasteiger partial charge in [0.25, 0.3) is 5.91 Å². The highest BCUT2D eigenvalue weighted by Gasteiger charge is 2.34. The fourth-order valence-corrected chi connectivity index (χ4v) is 2.34. The largest absolute Gasteiger partial charge is 0.395 e. The van der Waals surface area contributed by atoms with Crippen molar-refractivity contribution < 1.29 is 14.6 Å². The van der Waals surface area contributed by atoms with E-state index in [1.807, 2.05) is 36.9 Å². The van der Waals surface area contributed by atoms with Crippen LogP contribution in [0.1, 0.15) is 36.2 Å². The SMILES string of the molecule is CC1(C)COCCN1C(=O)c1cccc(C#CCCO)c1. The first kappa shape index (κ1) is 15.6. The molecule has 1 heterocycles. The Morgan fingerprint density at radius 2 is 2.29 bits per heavy atom. The van der Waals surface area contributed by atoms with Gasteiger partial charge in [-0.2, -0.15) is 0 Å². The first-order chi connectivity index (χ1) is 10.0. The molecule has 1 aliphatic rings. The summed E-state index contributed by atoms with van der Waals surface area (Å²) in [5.41, 5.74) is 1.13. The standard InChI is InChI=1S/C17H21NO3/c1-17(2)13-21-11-9-18(17)16(20)15-8-5-7-14(12-15)6-3-4-10-19/h5,7-8,12,19H,4,9-11,13H2,1-2H3. The van der Waals surface area contributed by atoms with Gasteiger partial charge in [0.2, 0.25) is 0 Å². The smallest absolute Gasteiger partial charge is 0.254 e. The van der Waals surface area contributed by atoms with Crippen molar-refractivity contribution in [2.45, 2.75) is 25.8 Å². The quantitative estimate of drug-likeness (QED) is 0.842. The van der Waals surface area contributed by atoms with Crippen molar-refractivity contribution in [2.24, 2.45) is 0 Å². The second-order valence-electron chi connectivity index (χ2n) is 5.68. The molecule has 4 heteroatoms. The molecule has 4 nitrogen and oxygen atoms in total. The first-order valence-corrected chi connectivity index (χ1v) is 7.14. The van der Waals surface area contributed by atoms with E-state index in [-0.39, 0.29) is 18.1 Å². The molecule has 0 bridgehead atoms. The number of aliphatic hydroxyl groups is 1. The molecule has 1 N–H and O–H groups in total. The lowest BCUT2D eigenvalue weighted by molar-refractivity contribution is -0.0370. The van der Waals surface area contributed by atoms with Gasteiger partial charge in [0.1, 0.15) is 0 Å². The average molecular weight is 287 g/mol. The summed E-state index contributed by atoms with van der Waals surface area (Å²) in [5, 5.41) is 8.74. The minimum Gasteiger partial charge on any atom is -0.395 e. The lowest BCUT2D eigenvalue weighted by Crippen LogP contribution is -2.55. The third-order valence-corrected chi connectivity index (χ3v) is 3.47. The molecule has 1 aliphatic heterocycles. The maximum Gasteiger partial charge on any atom is 0.254 e. The third kappa shape index (κ3) is 3.84. The van der Waals surface area contributed by atoms with E-state index in [4.69, 9.17) is 9.84 Å². The van der Waals surface area contributed by atoms with Crippen LogP contribution in [0.2, 0.25) is 0 Å². The molecule has 21 heavy (non-hydrogen) atoms. The average Bonchev–Trinajstić information content (AvgIpc) is 2.47. The van der Waals surface area contributed by atoms with Crippen molar-refractivity contribution in [2.75, 3.05) is 26.4 Å².